The molecule has 20 heavy (non-hydrogen) atoms. The highest BCUT2D eigenvalue weighted by Crippen LogP contribution is 2.24. The Bertz CT molecular complexity index is 441. The van der Waals surface area contributed by atoms with Gasteiger partial charge in [0.05, 0.1) is 12.3 Å². The molecular formula is C15H25N3O2. The van der Waals surface area contributed by atoms with Crippen molar-refractivity contribution in [2.24, 2.45) is 11.7 Å². The number of rotatable bonds is 5. The molecule has 5 heteroatoms. The largest absolute Gasteiger partial charge is 0.491 e. The number of hydrogen-bond acceptors (Lipinski definition) is 3. The first-order valence-electron chi connectivity index (χ1n) is 6.83. The standard InChI is InChI=1S/C15H25N3O2/c1-11(9-16)10-20-13-8-6-5-7-12(13)17-14(19)18-15(2,3)4/h5-8,11H,9-10,16H2,1-4H3,(H2,17,18,19). The number of nitrogens with two attached hydrogens (primary N) is 1. The monoisotopic (exact) mass is 279 g/mol. The molecule has 0 fully saturated rings. The summed E-state index contributed by atoms with van der Waals surface area (Å²) in [6, 6.07) is 7.11. The fraction of sp³-hybridized carbons (Fsp3) is 0.533. The molecule has 0 heterocycles. The second kappa shape index (κ2) is 7.14. The summed E-state index contributed by atoms with van der Waals surface area (Å²) >= 11 is 0. The van der Waals surface area contributed by atoms with Gasteiger partial charge in [0.25, 0.3) is 0 Å². The number of anilines is 1. The third kappa shape index (κ3) is 5.93. The predicted octanol–water partition coefficient (Wildman–Crippen LogP) is 2.58. The lowest BCUT2D eigenvalue weighted by molar-refractivity contribution is 0.243. The lowest BCUT2D eigenvalue weighted by Gasteiger charge is -2.21. The van der Waals surface area contributed by atoms with Crippen molar-refractivity contribution >= 4 is 11.7 Å². The first kappa shape index (κ1) is 16.3. The first-order chi connectivity index (χ1) is 9.31. The Hall–Kier alpha value is -1.75. The zero-order valence-electron chi connectivity index (χ0n) is 12.7. The normalized spacial score (nSPS) is 12.7. The molecule has 1 aromatic carbocycles. The van der Waals surface area contributed by atoms with E-state index in [1.807, 2.05) is 52.0 Å². The maximum Gasteiger partial charge on any atom is 0.319 e. The lowest BCUT2D eigenvalue weighted by Crippen LogP contribution is -2.43. The summed E-state index contributed by atoms with van der Waals surface area (Å²) in [5.41, 5.74) is 5.93. The van der Waals surface area contributed by atoms with E-state index in [1.165, 1.54) is 0 Å². The van der Waals surface area contributed by atoms with Crippen molar-refractivity contribution in [3.63, 3.8) is 0 Å². The number of carbonyl (C=O) groups excluding carboxylic acids is 1. The molecule has 0 aliphatic heterocycles. The molecule has 0 radical (unpaired) electrons. The van der Waals surface area contributed by atoms with Crippen LogP contribution in [0.3, 0.4) is 0 Å². The molecule has 5 nitrogen and oxygen atoms in total. The lowest BCUT2D eigenvalue weighted by atomic mass is 10.1. The Morgan fingerprint density at radius 1 is 1.35 bits per heavy atom. The first-order valence-corrected chi connectivity index (χ1v) is 6.83. The maximum absolute atomic E-state index is 11.9. The van der Waals surface area contributed by atoms with E-state index in [0.717, 1.165) is 0 Å². The van der Waals surface area contributed by atoms with E-state index in [0.29, 0.717) is 24.6 Å². The summed E-state index contributed by atoms with van der Waals surface area (Å²) in [4.78, 5) is 11.9. The average Bonchev–Trinajstić information content (AvgIpc) is 2.35. The number of urea groups is 1. The summed E-state index contributed by atoms with van der Waals surface area (Å²) < 4.78 is 5.70. The number of benzene rings is 1. The van der Waals surface area contributed by atoms with Gasteiger partial charge in [-0.1, -0.05) is 19.1 Å². The number of carbonyl (C=O) groups is 1. The highest BCUT2D eigenvalue weighted by Gasteiger charge is 2.15. The van der Waals surface area contributed by atoms with Gasteiger partial charge in [0.1, 0.15) is 5.75 Å². The minimum absolute atomic E-state index is 0.250. The molecule has 0 saturated heterocycles. The quantitative estimate of drug-likeness (QED) is 0.775. The Kier molecular flexibility index (Phi) is 5.82. The molecule has 0 aliphatic rings. The zero-order valence-corrected chi connectivity index (χ0v) is 12.7. The van der Waals surface area contributed by atoms with Crippen LogP contribution in [0.15, 0.2) is 24.3 Å². The van der Waals surface area contributed by atoms with E-state index in [4.69, 9.17) is 10.5 Å². The van der Waals surface area contributed by atoms with Crippen molar-refractivity contribution in [2.45, 2.75) is 33.2 Å². The third-order valence-corrected chi connectivity index (χ3v) is 2.55. The van der Waals surface area contributed by atoms with Crippen LogP contribution in [0.2, 0.25) is 0 Å². The van der Waals surface area contributed by atoms with Gasteiger partial charge in [-0.05, 0) is 39.4 Å². The van der Waals surface area contributed by atoms with Crippen LogP contribution in [0.25, 0.3) is 0 Å². The SMILES string of the molecule is CC(CN)COc1ccccc1NC(=O)NC(C)(C)C. The van der Waals surface area contributed by atoms with Crippen LogP contribution in [0.4, 0.5) is 10.5 Å². The number of hydrogen-bond donors (Lipinski definition) is 3. The molecule has 112 valence electrons. The molecule has 0 bridgehead atoms. The molecule has 1 unspecified atom stereocenters. The summed E-state index contributed by atoms with van der Waals surface area (Å²) in [5, 5.41) is 5.65. The van der Waals surface area contributed by atoms with E-state index in [-0.39, 0.29) is 17.5 Å². The molecular weight excluding hydrogens is 254 g/mol. The second-order valence-corrected chi connectivity index (χ2v) is 5.98. The maximum atomic E-state index is 11.9. The molecule has 1 rings (SSSR count). The molecule has 0 aromatic heterocycles. The predicted molar refractivity (Wildman–Crippen MR) is 82.1 cm³/mol. The van der Waals surface area contributed by atoms with E-state index in [2.05, 4.69) is 10.6 Å². The van der Waals surface area contributed by atoms with Gasteiger partial charge in [0, 0.05) is 11.5 Å². The van der Waals surface area contributed by atoms with E-state index >= 15 is 0 Å². The van der Waals surface area contributed by atoms with Crippen LogP contribution >= 0.6 is 0 Å². The van der Waals surface area contributed by atoms with Crippen molar-refractivity contribution < 1.29 is 9.53 Å². The molecule has 2 amide bonds. The van der Waals surface area contributed by atoms with Crippen molar-refractivity contribution in [1.82, 2.24) is 5.32 Å². The number of ether oxygens (including phenoxy) is 1. The van der Waals surface area contributed by atoms with Crippen molar-refractivity contribution in [3.8, 4) is 5.75 Å². The van der Waals surface area contributed by atoms with Crippen LogP contribution in [-0.2, 0) is 0 Å². The molecule has 0 spiro atoms. The van der Waals surface area contributed by atoms with Crippen molar-refractivity contribution in [3.05, 3.63) is 24.3 Å². The van der Waals surface area contributed by atoms with E-state index < -0.39 is 0 Å². The summed E-state index contributed by atoms with van der Waals surface area (Å²) in [7, 11) is 0. The number of amides is 2. The van der Waals surface area contributed by atoms with Crippen LogP contribution in [0.5, 0.6) is 5.75 Å². The number of nitrogens with one attached hydrogen (secondary N) is 2. The molecule has 1 atom stereocenters. The summed E-state index contributed by atoms with van der Waals surface area (Å²) in [6.45, 7) is 8.90. The Labute approximate surface area is 120 Å². The van der Waals surface area contributed by atoms with Gasteiger partial charge in [-0.25, -0.2) is 4.79 Å². The fourth-order valence-corrected chi connectivity index (χ4v) is 1.49. The number of para-hydroxylation sites is 2. The molecule has 0 aliphatic carbocycles. The van der Waals surface area contributed by atoms with Gasteiger partial charge in [-0.15, -0.1) is 0 Å². The van der Waals surface area contributed by atoms with Gasteiger partial charge in [0.2, 0.25) is 0 Å². The highest BCUT2D eigenvalue weighted by atomic mass is 16.5. The van der Waals surface area contributed by atoms with Crippen LogP contribution < -0.4 is 21.1 Å². The van der Waals surface area contributed by atoms with Gasteiger partial charge in [-0.2, -0.15) is 0 Å². The van der Waals surface area contributed by atoms with Crippen molar-refractivity contribution in [1.29, 1.82) is 0 Å². The van der Waals surface area contributed by atoms with Gasteiger partial charge < -0.3 is 21.1 Å². The minimum Gasteiger partial charge on any atom is -0.491 e. The zero-order chi connectivity index (χ0) is 15.2. The van der Waals surface area contributed by atoms with Crippen LogP contribution in [-0.4, -0.2) is 24.7 Å². The van der Waals surface area contributed by atoms with Crippen LogP contribution in [0, 0.1) is 5.92 Å². The Morgan fingerprint density at radius 3 is 2.60 bits per heavy atom. The van der Waals surface area contributed by atoms with Crippen molar-refractivity contribution in [2.75, 3.05) is 18.5 Å². The fourth-order valence-electron chi connectivity index (χ4n) is 1.49. The third-order valence-electron chi connectivity index (χ3n) is 2.55. The Balaban J connectivity index is 2.68. The van der Waals surface area contributed by atoms with E-state index in [1.54, 1.807) is 0 Å². The highest BCUT2D eigenvalue weighted by molar-refractivity contribution is 5.91. The summed E-state index contributed by atoms with van der Waals surface area (Å²) in [5.74, 6) is 0.920. The topological polar surface area (TPSA) is 76.4 Å². The molecule has 4 N–H and O–H groups in total. The molecule has 0 saturated carbocycles. The molecule has 1 aromatic rings. The summed E-state index contributed by atoms with van der Waals surface area (Å²) in [6.07, 6.45) is 0. The smallest absolute Gasteiger partial charge is 0.319 e. The van der Waals surface area contributed by atoms with Crippen LogP contribution in [0.1, 0.15) is 27.7 Å². The Morgan fingerprint density at radius 2 is 2.00 bits per heavy atom. The second-order valence-electron chi connectivity index (χ2n) is 5.98. The minimum atomic E-state index is -0.284. The van der Waals surface area contributed by atoms with Gasteiger partial charge in [0.15, 0.2) is 0 Å². The van der Waals surface area contributed by atoms with Gasteiger partial charge in [-0.3, -0.25) is 0 Å². The average molecular weight is 279 g/mol. The van der Waals surface area contributed by atoms with Gasteiger partial charge >= 0.3 is 6.03 Å². The van der Waals surface area contributed by atoms with E-state index in [9.17, 15) is 4.79 Å².